The summed E-state index contributed by atoms with van der Waals surface area (Å²) in [6, 6.07) is 0.395. The molecule has 0 aliphatic heterocycles. The molecule has 0 spiro atoms. The van der Waals surface area contributed by atoms with E-state index in [1.165, 1.54) is 0 Å². The van der Waals surface area contributed by atoms with Crippen LogP contribution in [0.25, 0.3) is 0 Å². The van der Waals surface area contributed by atoms with Crippen molar-refractivity contribution in [3.05, 3.63) is 18.0 Å². The summed E-state index contributed by atoms with van der Waals surface area (Å²) < 4.78 is 1.69. The molecule has 74 valence electrons. The first-order valence-corrected chi connectivity index (χ1v) is 4.49. The molecule has 2 N–H and O–H groups in total. The molecule has 13 heavy (non-hydrogen) atoms. The molecule has 0 radical (unpaired) electrons. The summed E-state index contributed by atoms with van der Waals surface area (Å²) in [6.07, 6.45) is 3.05. The Morgan fingerprint density at radius 2 is 2.31 bits per heavy atom. The Balaban J connectivity index is 2.44. The van der Waals surface area contributed by atoms with Crippen LogP contribution in [-0.4, -0.2) is 27.5 Å². The fourth-order valence-electron chi connectivity index (χ4n) is 1.08. The first-order chi connectivity index (χ1) is 6.09. The van der Waals surface area contributed by atoms with Gasteiger partial charge in [-0.1, -0.05) is 13.8 Å². The molecule has 0 saturated carbocycles. The van der Waals surface area contributed by atoms with Crippen molar-refractivity contribution in [2.75, 3.05) is 6.54 Å². The maximum Gasteiger partial charge on any atom is 0.0944 e. The Kier molecular flexibility index (Phi) is 3.45. The van der Waals surface area contributed by atoms with Gasteiger partial charge in [-0.05, 0) is 0 Å². The highest BCUT2D eigenvalue weighted by molar-refractivity contribution is 5.07. The Bertz CT molecular complexity index is 257. The molecule has 1 heterocycles. The van der Waals surface area contributed by atoms with Crippen LogP contribution in [0, 0.1) is 0 Å². The highest BCUT2D eigenvalue weighted by Crippen LogP contribution is 2.09. The molecule has 4 nitrogen and oxygen atoms in total. The number of nitrogens with zero attached hydrogens (tertiary/aromatic N) is 2. The van der Waals surface area contributed by atoms with Gasteiger partial charge in [0.15, 0.2) is 0 Å². The zero-order valence-corrected chi connectivity index (χ0v) is 8.36. The zero-order valence-electron chi connectivity index (χ0n) is 8.36. The smallest absolute Gasteiger partial charge is 0.0944 e. The molecule has 1 aromatic heterocycles. The van der Waals surface area contributed by atoms with Gasteiger partial charge in [-0.3, -0.25) is 4.68 Å². The topological polar surface area (TPSA) is 50.1 Å². The molecular formula is C9H17N3O. The molecule has 1 rings (SSSR count). The van der Waals surface area contributed by atoms with Crippen LogP contribution in [0.1, 0.15) is 25.5 Å². The van der Waals surface area contributed by atoms with Crippen LogP contribution in [-0.2, 0) is 7.05 Å². The molecule has 0 aliphatic rings. The molecule has 0 saturated heterocycles. The molecule has 1 atom stereocenters. The van der Waals surface area contributed by atoms with Gasteiger partial charge < -0.3 is 10.4 Å². The van der Waals surface area contributed by atoms with Crippen molar-refractivity contribution < 1.29 is 5.11 Å². The van der Waals surface area contributed by atoms with E-state index in [1.807, 2.05) is 13.2 Å². The van der Waals surface area contributed by atoms with E-state index in [1.54, 1.807) is 10.9 Å². The number of aryl methyl sites for hydroxylation is 1. The third-order valence-corrected chi connectivity index (χ3v) is 1.83. The molecule has 0 fully saturated rings. The third-order valence-electron chi connectivity index (χ3n) is 1.83. The van der Waals surface area contributed by atoms with Crippen molar-refractivity contribution in [1.82, 2.24) is 15.1 Å². The van der Waals surface area contributed by atoms with Gasteiger partial charge in [-0.15, -0.1) is 0 Å². The first kappa shape index (κ1) is 10.2. The quantitative estimate of drug-likeness (QED) is 0.712. The van der Waals surface area contributed by atoms with Crippen molar-refractivity contribution in [3.8, 4) is 0 Å². The van der Waals surface area contributed by atoms with Crippen LogP contribution in [0.3, 0.4) is 0 Å². The lowest BCUT2D eigenvalue weighted by Gasteiger charge is -2.12. The van der Waals surface area contributed by atoms with Crippen molar-refractivity contribution in [2.24, 2.45) is 7.05 Å². The maximum absolute atomic E-state index is 9.67. The number of aliphatic hydroxyl groups excluding tert-OH is 1. The fourth-order valence-corrected chi connectivity index (χ4v) is 1.08. The van der Waals surface area contributed by atoms with Crippen molar-refractivity contribution in [3.63, 3.8) is 0 Å². The zero-order chi connectivity index (χ0) is 9.84. The summed E-state index contributed by atoms with van der Waals surface area (Å²) in [5.41, 5.74) is 0.857. The van der Waals surface area contributed by atoms with Crippen molar-refractivity contribution >= 4 is 0 Å². The Morgan fingerprint density at radius 1 is 1.62 bits per heavy atom. The summed E-state index contributed by atoms with van der Waals surface area (Å²) in [5.74, 6) is 0. The van der Waals surface area contributed by atoms with Gasteiger partial charge in [0, 0.05) is 31.4 Å². The van der Waals surface area contributed by atoms with Crippen LogP contribution in [0.15, 0.2) is 12.4 Å². The lowest BCUT2D eigenvalue weighted by Crippen LogP contribution is -2.27. The van der Waals surface area contributed by atoms with Crippen LogP contribution < -0.4 is 5.32 Å². The largest absolute Gasteiger partial charge is 0.387 e. The second-order valence-electron chi connectivity index (χ2n) is 3.53. The Morgan fingerprint density at radius 3 is 2.77 bits per heavy atom. The van der Waals surface area contributed by atoms with Gasteiger partial charge in [-0.25, -0.2) is 0 Å². The number of aliphatic hydroxyl groups is 1. The predicted molar refractivity (Wildman–Crippen MR) is 51.3 cm³/mol. The van der Waals surface area contributed by atoms with Crippen LogP contribution >= 0.6 is 0 Å². The summed E-state index contributed by atoms with van der Waals surface area (Å²) >= 11 is 0. The molecule has 4 heteroatoms. The molecule has 1 aromatic rings. The van der Waals surface area contributed by atoms with Crippen LogP contribution in [0.5, 0.6) is 0 Å². The number of nitrogens with one attached hydrogen (secondary N) is 1. The SMILES string of the molecule is CC(C)NCC(O)c1cnn(C)c1. The number of aromatic nitrogens is 2. The van der Waals surface area contributed by atoms with Crippen LogP contribution in [0.4, 0.5) is 0 Å². The van der Waals surface area contributed by atoms with Crippen LogP contribution in [0.2, 0.25) is 0 Å². The highest BCUT2D eigenvalue weighted by atomic mass is 16.3. The van der Waals surface area contributed by atoms with Gasteiger partial charge in [0.05, 0.1) is 12.3 Å². The molecule has 0 aromatic carbocycles. The first-order valence-electron chi connectivity index (χ1n) is 4.49. The summed E-state index contributed by atoms with van der Waals surface area (Å²) in [6.45, 7) is 4.68. The number of hydrogen-bond donors (Lipinski definition) is 2. The maximum atomic E-state index is 9.67. The van der Waals surface area contributed by atoms with E-state index in [0.717, 1.165) is 5.56 Å². The summed E-state index contributed by atoms with van der Waals surface area (Å²) in [5, 5.41) is 16.8. The monoisotopic (exact) mass is 183 g/mol. The van der Waals surface area contributed by atoms with Gasteiger partial charge in [0.25, 0.3) is 0 Å². The Labute approximate surface area is 78.6 Å². The standard InChI is InChI=1S/C9H17N3O/c1-7(2)10-5-9(13)8-4-11-12(3)6-8/h4,6-7,9-10,13H,5H2,1-3H3. The van der Waals surface area contributed by atoms with Gasteiger partial charge in [0.1, 0.15) is 0 Å². The molecule has 0 aliphatic carbocycles. The second kappa shape index (κ2) is 4.39. The van der Waals surface area contributed by atoms with Gasteiger partial charge in [-0.2, -0.15) is 5.10 Å². The fraction of sp³-hybridized carbons (Fsp3) is 0.667. The minimum absolute atomic E-state index is 0.395. The average molecular weight is 183 g/mol. The second-order valence-corrected chi connectivity index (χ2v) is 3.53. The molecular weight excluding hydrogens is 166 g/mol. The minimum Gasteiger partial charge on any atom is -0.387 e. The van der Waals surface area contributed by atoms with E-state index in [0.29, 0.717) is 12.6 Å². The number of hydrogen-bond acceptors (Lipinski definition) is 3. The van der Waals surface area contributed by atoms with E-state index in [4.69, 9.17) is 0 Å². The van der Waals surface area contributed by atoms with Crippen molar-refractivity contribution in [1.29, 1.82) is 0 Å². The highest BCUT2D eigenvalue weighted by Gasteiger charge is 2.08. The molecule has 0 amide bonds. The minimum atomic E-state index is -0.462. The average Bonchev–Trinajstić information content (AvgIpc) is 2.47. The molecule has 1 unspecified atom stereocenters. The van der Waals surface area contributed by atoms with Gasteiger partial charge >= 0.3 is 0 Å². The van der Waals surface area contributed by atoms with Gasteiger partial charge in [0.2, 0.25) is 0 Å². The lowest BCUT2D eigenvalue weighted by atomic mass is 10.2. The van der Waals surface area contributed by atoms with E-state index < -0.39 is 6.10 Å². The Hall–Kier alpha value is -0.870. The van der Waals surface area contributed by atoms with E-state index in [-0.39, 0.29) is 0 Å². The summed E-state index contributed by atoms with van der Waals surface area (Å²) in [7, 11) is 1.84. The predicted octanol–water partition coefficient (Wildman–Crippen LogP) is 0.451. The van der Waals surface area contributed by atoms with E-state index in [2.05, 4.69) is 24.3 Å². The lowest BCUT2D eigenvalue weighted by molar-refractivity contribution is 0.171. The van der Waals surface area contributed by atoms with E-state index >= 15 is 0 Å². The normalized spacial score (nSPS) is 13.6. The number of rotatable bonds is 4. The summed E-state index contributed by atoms with van der Waals surface area (Å²) in [4.78, 5) is 0. The van der Waals surface area contributed by atoms with Crippen molar-refractivity contribution in [2.45, 2.75) is 26.0 Å². The molecule has 0 bridgehead atoms. The third kappa shape index (κ3) is 3.16. The van der Waals surface area contributed by atoms with E-state index in [9.17, 15) is 5.11 Å².